The number of carbonyl (C=O) groups is 1. The minimum atomic E-state index is -0.794. The van der Waals surface area contributed by atoms with Crippen molar-refractivity contribution in [3.63, 3.8) is 0 Å². The second-order valence-corrected chi connectivity index (χ2v) is 4.96. The second kappa shape index (κ2) is 5.67. The molecule has 18 heavy (non-hydrogen) atoms. The molecule has 5 heteroatoms. The summed E-state index contributed by atoms with van der Waals surface area (Å²) in [7, 11) is 0. The molecule has 0 aliphatic carbocycles. The van der Waals surface area contributed by atoms with Crippen LogP contribution >= 0.6 is 11.6 Å². The maximum absolute atomic E-state index is 13.3. The maximum atomic E-state index is 13.3. The summed E-state index contributed by atoms with van der Waals surface area (Å²) in [4.78, 5) is 12.8. The summed E-state index contributed by atoms with van der Waals surface area (Å²) in [6, 6.07) is 4.76. The monoisotopic (exact) mass is 271 g/mol. The summed E-state index contributed by atoms with van der Waals surface area (Å²) in [5.41, 5.74) is 0.717. The SMILES string of the molecule is O=C(O)CC1CCCN1Cc1cccc(F)c1Cl. The molecule has 2 rings (SSSR count). The van der Waals surface area contributed by atoms with Crippen LogP contribution in [0.2, 0.25) is 5.02 Å². The van der Waals surface area contributed by atoms with Crippen molar-refractivity contribution in [2.75, 3.05) is 6.54 Å². The summed E-state index contributed by atoms with van der Waals surface area (Å²) in [5.74, 6) is -1.22. The molecule has 1 atom stereocenters. The van der Waals surface area contributed by atoms with Crippen molar-refractivity contribution in [2.45, 2.75) is 31.8 Å². The molecule has 0 spiro atoms. The van der Waals surface area contributed by atoms with Crippen molar-refractivity contribution >= 4 is 17.6 Å². The van der Waals surface area contributed by atoms with Crippen LogP contribution in [-0.2, 0) is 11.3 Å². The van der Waals surface area contributed by atoms with E-state index in [4.69, 9.17) is 16.7 Å². The summed E-state index contributed by atoms with van der Waals surface area (Å²) < 4.78 is 13.3. The molecule has 1 heterocycles. The largest absolute Gasteiger partial charge is 0.481 e. The molecular weight excluding hydrogens is 257 g/mol. The summed E-state index contributed by atoms with van der Waals surface area (Å²) in [6.07, 6.45) is 1.98. The van der Waals surface area contributed by atoms with E-state index in [-0.39, 0.29) is 17.5 Å². The zero-order valence-electron chi connectivity index (χ0n) is 9.90. The van der Waals surface area contributed by atoms with E-state index >= 15 is 0 Å². The highest BCUT2D eigenvalue weighted by atomic mass is 35.5. The zero-order valence-corrected chi connectivity index (χ0v) is 10.7. The quantitative estimate of drug-likeness (QED) is 0.915. The van der Waals surface area contributed by atoms with Gasteiger partial charge in [-0.15, -0.1) is 0 Å². The Morgan fingerprint density at radius 1 is 1.56 bits per heavy atom. The molecule has 0 bridgehead atoms. The Labute approximate surface area is 110 Å². The molecule has 98 valence electrons. The fourth-order valence-corrected chi connectivity index (χ4v) is 2.61. The van der Waals surface area contributed by atoms with Crippen LogP contribution in [0.25, 0.3) is 0 Å². The van der Waals surface area contributed by atoms with E-state index in [2.05, 4.69) is 4.90 Å². The van der Waals surface area contributed by atoms with E-state index in [9.17, 15) is 9.18 Å². The standard InChI is InChI=1S/C13H15ClFNO2/c14-13-9(3-1-5-11(13)15)8-16-6-2-4-10(16)7-12(17)18/h1,3,5,10H,2,4,6-8H2,(H,17,18). The average Bonchev–Trinajstić information content (AvgIpc) is 2.72. The van der Waals surface area contributed by atoms with Gasteiger partial charge in [-0.2, -0.15) is 0 Å². The van der Waals surface area contributed by atoms with Crippen LogP contribution in [0.1, 0.15) is 24.8 Å². The molecule has 1 aromatic rings. The number of carboxylic acids is 1. The number of aliphatic carboxylic acids is 1. The van der Waals surface area contributed by atoms with Gasteiger partial charge in [0.05, 0.1) is 11.4 Å². The number of hydrogen-bond donors (Lipinski definition) is 1. The number of likely N-dealkylation sites (tertiary alicyclic amines) is 1. The molecule has 1 saturated heterocycles. The van der Waals surface area contributed by atoms with Crippen molar-refractivity contribution in [3.8, 4) is 0 Å². The third-order valence-corrected chi connectivity index (χ3v) is 3.74. The Balaban J connectivity index is 2.08. The van der Waals surface area contributed by atoms with Crippen molar-refractivity contribution in [1.82, 2.24) is 4.90 Å². The number of rotatable bonds is 4. The first kappa shape index (κ1) is 13.3. The highest BCUT2D eigenvalue weighted by Gasteiger charge is 2.27. The predicted octanol–water partition coefficient (Wildman–Crippen LogP) is 2.92. The average molecular weight is 272 g/mol. The van der Waals surface area contributed by atoms with Gasteiger partial charge in [0.25, 0.3) is 0 Å². The predicted molar refractivity (Wildman–Crippen MR) is 67.1 cm³/mol. The van der Waals surface area contributed by atoms with Gasteiger partial charge in [-0.05, 0) is 31.0 Å². The Kier molecular flexibility index (Phi) is 4.19. The van der Waals surface area contributed by atoms with E-state index < -0.39 is 11.8 Å². The first-order chi connectivity index (χ1) is 8.58. The minimum absolute atomic E-state index is 0.0295. The Hall–Kier alpha value is -1.13. The smallest absolute Gasteiger partial charge is 0.304 e. The molecule has 1 unspecified atom stereocenters. The van der Waals surface area contributed by atoms with Gasteiger partial charge in [-0.1, -0.05) is 23.7 Å². The Morgan fingerprint density at radius 3 is 3.06 bits per heavy atom. The lowest BCUT2D eigenvalue weighted by Gasteiger charge is -2.23. The summed E-state index contributed by atoms with van der Waals surface area (Å²) in [5, 5.41) is 8.98. The van der Waals surface area contributed by atoms with E-state index in [1.165, 1.54) is 6.07 Å². The van der Waals surface area contributed by atoms with Crippen LogP contribution in [0.3, 0.4) is 0 Å². The molecule has 1 aliphatic rings. The van der Waals surface area contributed by atoms with Crippen molar-refractivity contribution in [1.29, 1.82) is 0 Å². The summed E-state index contributed by atoms with van der Waals surface area (Å²) >= 11 is 5.91. The topological polar surface area (TPSA) is 40.5 Å². The van der Waals surface area contributed by atoms with Gasteiger partial charge in [0.1, 0.15) is 5.82 Å². The highest BCUT2D eigenvalue weighted by molar-refractivity contribution is 6.31. The second-order valence-electron chi connectivity index (χ2n) is 4.58. The van der Waals surface area contributed by atoms with Gasteiger partial charge in [0.2, 0.25) is 0 Å². The van der Waals surface area contributed by atoms with E-state index in [0.717, 1.165) is 19.4 Å². The van der Waals surface area contributed by atoms with Crippen LogP contribution < -0.4 is 0 Å². The lowest BCUT2D eigenvalue weighted by atomic mass is 10.1. The number of benzene rings is 1. The molecule has 1 N–H and O–H groups in total. The van der Waals surface area contributed by atoms with Gasteiger partial charge in [0, 0.05) is 12.6 Å². The molecule has 0 aromatic heterocycles. The number of nitrogens with zero attached hydrogens (tertiary/aromatic N) is 1. The number of hydrogen-bond acceptors (Lipinski definition) is 2. The van der Waals surface area contributed by atoms with E-state index in [1.807, 2.05) is 0 Å². The first-order valence-corrected chi connectivity index (χ1v) is 6.34. The van der Waals surface area contributed by atoms with Gasteiger partial charge < -0.3 is 5.11 Å². The van der Waals surface area contributed by atoms with Crippen LogP contribution in [-0.4, -0.2) is 28.6 Å². The van der Waals surface area contributed by atoms with Crippen LogP contribution in [0.15, 0.2) is 18.2 Å². The molecule has 3 nitrogen and oxygen atoms in total. The minimum Gasteiger partial charge on any atom is -0.481 e. The van der Waals surface area contributed by atoms with Crippen LogP contribution in [0.5, 0.6) is 0 Å². The van der Waals surface area contributed by atoms with Gasteiger partial charge in [-0.3, -0.25) is 9.69 Å². The maximum Gasteiger partial charge on any atom is 0.304 e. The Bertz CT molecular complexity index is 453. The Morgan fingerprint density at radius 2 is 2.33 bits per heavy atom. The lowest BCUT2D eigenvalue weighted by Crippen LogP contribution is -2.31. The van der Waals surface area contributed by atoms with Gasteiger partial charge in [0.15, 0.2) is 0 Å². The van der Waals surface area contributed by atoms with Crippen molar-refractivity contribution in [3.05, 3.63) is 34.6 Å². The third kappa shape index (κ3) is 3.00. The normalized spacial score (nSPS) is 20.2. The lowest BCUT2D eigenvalue weighted by molar-refractivity contribution is -0.138. The molecule has 0 saturated carbocycles. The molecular formula is C13H15ClFNO2. The van der Waals surface area contributed by atoms with Gasteiger partial charge >= 0.3 is 5.97 Å². The van der Waals surface area contributed by atoms with E-state index in [1.54, 1.807) is 12.1 Å². The third-order valence-electron chi connectivity index (χ3n) is 3.31. The van der Waals surface area contributed by atoms with Crippen LogP contribution in [0, 0.1) is 5.82 Å². The fourth-order valence-electron chi connectivity index (χ4n) is 2.43. The fraction of sp³-hybridized carbons (Fsp3) is 0.462. The molecule has 0 radical (unpaired) electrons. The zero-order chi connectivity index (χ0) is 13.1. The highest BCUT2D eigenvalue weighted by Crippen LogP contribution is 2.26. The van der Waals surface area contributed by atoms with Crippen molar-refractivity contribution in [2.24, 2.45) is 0 Å². The van der Waals surface area contributed by atoms with Gasteiger partial charge in [-0.25, -0.2) is 4.39 Å². The summed E-state index contributed by atoms with van der Waals surface area (Å²) in [6.45, 7) is 1.35. The molecule has 0 amide bonds. The number of carboxylic acid groups (broad SMARTS) is 1. The number of halogens is 2. The van der Waals surface area contributed by atoms with Crippen LogP contribution in [0.4, 0.5) is 4.39 Å². The van der Waals surface area contributed by atoms with E-state index in [0.29, 0.717) is 12.1 Å². The molecule has 1 aliphatic heterocycles. The molecule has 1 fully saturated rings. The molecule has 1 aromatic carbocycles. The first-order valence-electron chi connectivity index (χ1n) is 5.96. The van der Waals surface area contributed by atoms with Crippen molar-refractivity contribution < 1.29 is 14.3 Å².